The summed E-state index contributed by atoms with van der Waals surface area (Å²) in [4.78, 5) is 0. The summed E-state index contributed by atoms with van der Waals surface area (Å²) < 4.78 is 47.7. The van der Waals surface area contributed by atoms with Crippen molar-refractivity contribution in [2.24, 2.45) is 0 Å². The van der Waals surface area contributed by atoms with Gasteiger partial charge >= 0.3 is 6.36 Å². The lowest BCUT2D eigenvalue weighted by Crippen LogP contribution is -2.17. The van der Waals surface area contributed by atoms with Crippen molar-refractivity contribution in [3.8, 4) is 11.5 Å². The number of hydrogen-bond acceptors (Lipinski definition) is 2. The maximum Gasteiger partial charge on any atom is 0.573 e. The molecule has 0 saturated carbocycles. The van der Waals surface area contributed by atoms with Crippen molar-refractivity contribution in [1.82, 2.24) is 0 Å². The van der Waals surface area contributed by atoms with Crippen LogP contribution in [0.5, 0.6) is 11.5 Å². The third-order valence-electron chi connectivity index (χ3n) is 6.40. The van der Waals surface area contributed by atoms with Gasteiger partial charge in [0.15, 0.2) is 0 Å². The molecule has 5 heteroatoms. The van der Waals surface area contributed by atoms with Gasteiger partial charge in [-0.3, -0.25) is 0 Å². The van der Waals surface area contributed by atoms with Gasteiger partial charge in [-0.2, -0.15) is 0 Å². The van der Waals surface area contributed by atoms with Crippen LogP contribution in [0.1, 0.15) is 28.7 Å². The zero-order chi connectivity index (χ0) is 22.6. The van der Waals surface area contributed by atoms with Crippen molar-refractivity contribution >= 4 is 33.2 Å². The van der Waals surface area contributed by atoms with Crippen LogP contribution in [-0.4, -0.2) is 6.36 Å². The highest BCUT2D eigenvalue weighted by molar-refractivity contribution is 6.14. The Morgan fingerprint density at radius 3 is 2.48 bits per heavy atom. The fraction of sp³-hybridized carbons (Fsp3) is 0.143. The van der Waals surface area contributed by atoms with Gasteiger partial charge in [0.05, 0.1) is 6.26 Å². The van der Waals surface area contributed by atoms with Crippen LogP contribution in [0.4, 0.5) is 13.2 Å². The van der Waals surface area contributed by atoms with Crippen LogP contribution in [-0.2, 0) is 12.8 Å². The molecule has 1 aliphatic carbocycles. The molecule has 1 heterocycles. The Balaban J connectivity index is 1.46. The fourth-order valence-corrected chi connectivity index (χ4v) is 4.99. The van der Waals surface area contributed by atoms with Gasteiger partial charge in [0.25, 0.3) is 0 Å². The monoisotopic (exact) mass is 444 g/mol. The summed E-state index contributed by atoms with van der Waals surface area (Å²) in [6.45, 7) is 0. The quantitative estimate of drug-likeness (QED) is 0.293. The van der Waals surface area contributed by atoms with Gasteiger partial charge in [-0.15, -0.1) is 13.2 Å². The fourth-order valence-electron chi connectivity index (χ4n) is 4.99. The summed E-state index contributed by atoms with van der Waals surface area (Å²) in [6, 6.07) is 18.6. The molecule has 0 radical (unpaired) electrons. The molecule has 2 nitrogen and oxygen atoms in total. The van der Waals surface area contributed by atoms with Crippen LogP contribution in [0.25, 0.3) is 33.2 Å². The second-order valence-corrected chi connectivity index (χ2v) is 8.36. The second-order valence-electron chi connectivity index (χ2n) is 8.36. The van der Waals surface area contributed by atoms with Crippen LogP contribution in [0.15, 0.2) is 73.0 Å². The highest BCUT2D eigenvalue weighted by Gasteiger charge is 2.31. The molecule has 164 valence electrons. The van der Waals surface area contributed by atoms with Crippen molar-refractivity contribution in [2.75, 3.05) is 0 Å². The van der Waals surface area contributed by atoms with E-state index in [1.807, 2.05) is 6.07 Å². The number of hydrogen-bond donors (Lipinski definition) is 0. The number of rotatable bonds is 2. The molecule has 0 saturated heterocycles. The number of benzene rings is 4. The minimum absolute atomic E-state index is 0.232. The van der Waals surface area contributed by atoms with Crippen molar-refractivity contribution in [3.63, 3.8) is 0 Å². The third kappa shape index (κ3) is 3.44. The standard InChI is InChI=1S/C28H19F3O2/c29-28(30,31)33-20-12-9-17(10-13-20)19-15-25-22-7-3-4-8-23(22)26-21-6-2-1-5-18(21)11-14-24(26)27(25)32-16-19/h1-2,4-6,8-14,16H,3,7,15H2. The number of fused-ring (bicyclic) bond motifs is 8. The van der Waals surface area contributed by atoms with Crippen molar-refractivity contribution < 1.29 is 22.6 Å². The Labute approximate surface area is 188 Å². The van der Waals surface area contributed by atoms with Crippen LogP contribution in [0, 0.1) is 0 Å². The Kier molecular flexibility index (Phi) is 4.47. The first-order chi connectivity index (χ1) is 16.0. The van der Waals surface area contributed by atoms with Crippen LogP contribution >= 0.6 is 0 Å². The van der Waals surface area contributed by atoms with Gasteiger partial charge in [0, 0.05) is 22.8 Å². The molecule has 0 N–H and O–H groups in total. The van der Waals surface area contributed by atoms with Gasteiger partial charge in [-0.05, 0) is 64.1 Å². The lowest BCUT2D eigenvalue weighted by atomic mass is 9.82. The molecule has 2 aliphatic rings. The maximum atomic E-state index is 12.5. The lowest BCUT2D eigenvalue weighted by molar-refractivity contribution is -0.274. The zero-order valence-electron chi connectivity index (χ0n) is 17.6. The molecule has 0 fully saturated rings. The van der Waals surface area contributed by atoms with E-state index in [1.165, 1.54) is 39.4 Å². The number of allylic oxidation sites excluding steroid dienone is 2. The summed E-state index contributed by atoms with van der Waals surface area (Å²) in [7, 11) is 0. The number of halogens is 3. The van der Waals surface area contributed by atoms with E-state index < -0.39 is 6.36 Å². The normalized spacial score (nSPS) is 15.1. The molecule has 1 aliphatic heterocycles. The van der Waals surface area contributed by atoms with Crippen molar-refractivity contribution in [3.05, 3.63) is 95.3 Å². The van der Waals surface area contributed by atoms with E-state index >= 15 is 0 Å². The first-order valence-electron chi connectivity index (χ1n) is 10.9. The number of alkyl halides is 3. The topological polar surface area (TPSA) is 18.5 Å². The lowest BCUT2D eigenvalue weighted by Gasteiger charge is -2.26. The van der Waals surface area contributed by atoms with E-state index in [2.05, 4.69) is 47.2 Å². The van der Waals surface area contributed by atoms with E-state index in [1.54, 1.807) is 18.4 Å². The summed E-state index contributed by atoms with van der Waals surface area (Å²) in [5, 5.41) is 4.69. The van der Waals surface area contributed by atoms with Crippen LogP contribution < -0.4 is 9.47 Å². The number of ether oxygens (including phenoxy) is 2. The molecule has 0 bridgehead atoms. The van der Waals surface area contributed by atoms with E-state index in [9.17, 15) is 13.2 Å². The highest BCUT2D eigenvalue weighted by atomic mass is 19.4. The average Bonchev–Trinajstić information content (AvgIpc) is 2.83. The van der Waals surface area contributed by atoms with E-state index in [0.717, 1.165) is 40.7 Å². The van der Waals surface area contributed by atoms with Crippen molar-refractivity contribution in [2.45, 2.75) is 25.6 Å². The Morgan fingerprint density at radius 2 is 1.67 bits per heavy atom. The van der Waals surface area contributed by atoms with E-state index in [0.29, 0.717) is 6.42 Å². The van der Waals surface area contributed by atoms with Crippen LogP contribution in [0.2, 0.25) is 0 Å². The Bertz CT molecular complexity index is 1460. The summed E-state index contributed by atoms with van der Waals surface area (Å²) in [6.07, 6.45) is 4.02. The SMILES string of the molecule is FC(F)(F)Oc1ccc(C2=COc3c(c4c(c5c3ccc3ccccc35)C=CCC4)C2)cc1. The smallest absolute Gasteiger partial charge is 0.464 e. The van der Waals surface area contributed by atoms with Gasteiger partial charge in [-0.25, -0.2) is 0 Å². The summed E-state index contributed by atoms with van der Waals surface area (Å²) >= 11 is 0. The van der Waals surface area contributed by atoms with E-state index in [4.69, 9.17) is 4.74 Å². The molecule has 6 rings (SSSR count). The van der Waals surface area contributed by atoms with Crippen molar-refractivity contribution in [1.29, 1.82) is 0 Å². The molecule has 4 aromatic rings. The minimum atomic E-state index is -4.70. The largest absolute Gasteiger partial charge is 0.573 e. The molecular formula is C28H19F3O2. The molecule has 0 unspecified atom stereocenters. The molecular weight excluding hydrogens is 425 g/mol. The van der Waals surface area contributed by atoms with Gasteiger partial charge in [0.2, 0.25) is 0 Å². The van der Waals surface area contributed by atoms with Crippen LogP contribution in [0.3, 0.4) is 0 Å². The van der Waals surface area contributed by atoms with Gasteiger partial charge in [0.1, 0.15) is 11.5 Å². The Morgan fingerprint density at radius 1 is 0.848 bits per heavy atom. The molecule has 4 aromatic carbocycles. The Hall–Kier alpha value is -3.73. The maximum absolute atomic E-state index is 12.5. The first-order valence-corrected chi connectivity index (χ1v) is 10.9. The zero-order valence-corrected chi connectivity index (χ0v) is 17.6. The molecule has 0 spiro atoms. The predicted molar refractivity (Wildman–Crippen MR) is 124 cm³/mol. The second kappa shape index (κ2) is 7.41. The predicted octanol–water partition coefficient (Wildman–Crippen LogP) is 7.83. The third-order valence-corrected chi connectivity index (χ3v) is 6.40. The molecule has 33 heavy (non-hydrogen) atoms. The summed E-state index contributed by atoms with van der Waals surface area (Å²) in [5.74, 6) is 0.648. The van der Waals surface area contributed by atoms with Gasteiger partial charge < -0.3 is 9.47 Å². The first kappa shape index (κ1) is 19.9. The highest BCUT2D eigenvalue weighted by Crippen LogP contribution is 2.45. The summed E-state index contributed by atoms with van der Waals surface area (Å²) in [5.41, 5.74) is 5.43. The minimum Gasteiger partial charge on any atom is -0.464 e. The molecule has 0 aromatic heterocycles. The van der Waals surface area contributed by atoms with E-state index in [-0.39, 0.29) is 5.75 Å². The molecule has 0 atom stereocenters. The molecule has 0 amide bonds. The van der Waals surface area contributed by atoms with Gasteiger partial charge in [-0.1, -0.05) is 54.6 Å². The average molecular weight is 444 g/mol.